The number of hydrogen-bond acceptors (Lipinski definition) is 3. The van der Waals surface area contributed by atoms with E-state index < -0.39 is 0 Å². The number of ether oxygens (including phenoxy) is 1. The number of carbonyl (C=O) groups excluding carboxylic acids is 1. The van der Waals surface area contributed by atoms with Gasteiger partial charge in [-0.2, -0.15) is 0 Å². The molecule has 0 unspecified atom stereocenters. The quantitative estimate of drug-likeness (QED) is 0.619. The van der Waals surface area contributed by atoms with Crippen LogP contribution in [0.2, 0.25) is 0 Å². The van der Waals surface area contributed by atoms with Crippen LogP contribution in [0.15, 0.2) is 46.9 Å². The Morgan fingerprint density at radius 2 is 2.06 bits per heavy atom. The number of rotatable bonds is 3. The van der Waals surface area contributed by atoms with Gasteiger partial charge in [-0.3, -0.25) is 0 Å². The van der Waals surface area contributed by atoms with Crippen LogP contribution >= 0.6 is 27.3 Å². The smallest absolute Gasteiger partial charge is 0.330 e. The Labute approximate surface area is 118 Å². The third-order valence-electron chi connectivity index (χ3n) is 2.35. The average molecular weight is 323 g/mol. The first-order valence-corrected chi connectivity index (χ1v) is 6.92. The summed E-state index contributed by atoms with van der Waals surface area (Å²) in [5, 5.41) is 0. The average Bonchev–Trinajstić information content (AvgIpc) is 2.85. The van der Waals surface area contributed by atoms with E-state index in [1.54, 1.807) is 17.4 Å². The molecule has 1 aromatic heterocycles. The van der Waals surface area contributed by atoms with Crippen molar-refractivity contribution in [2.75, 3.05) is 7.11 Å². The minimum Gasteiger partial charge on any atom is -0.466 e. The summed E-state index contributed by atoms with van der Waals surface area (Å²) in [6.07, 6.45) is 3.19. The highest BCUT2D eigenvalue weighted by Gasteiger charge is 2.04. The largest absolute Gasteiger partial charge is 0.466 e. The summed E-state index contributed by atoms with van der Waals surface area (Å²) >= 11 is 5.16. The Morgan fingerprint density at radius 1 is 1.28 bits per heavy atom. The van der Waals surface area contributed by atoms with Crippen molar-refractivity contribution >= 4 is 39.3 Å². The summed E-state index contributed by atoms with van der Waals surface area (Å²) < 4.78 is 5.62. The molecule has 0 aliphatic carbocycles. The molecular formula is C14H11BrO2S. The van der Waals surface area contributed by atoms with Gasteiger partial charge >= 0.3 is 5.97 Å². The van der Waals surface area contributed by atoms with Crippen LogP contribution in [-0.2, 0) is 9.53 Å². The zero-order valence-corrected chi connectivity index (χ0v) is 12.1. The molecule has 0 saturated carbocycles. The third-order valence-corrected chi connectivity index (χ3v) is 4.13. The summed E-state index contributed by atoms with van der Waals surface area (Å²) in [7, 11) is 1.37. The highest BCUT2D eigenvalue weighted by molar-refractivity contribution is 9.10. The van der Waals surface area contributed by atoms with Crippen molar-refractivity contribution in [3.05, 3.63) is 51.8 Å². The Morgan fingerprint density at radius 3 is 2.78 bits per heavy atom. The topological polar surface area (TPSA) is 26.3 Å². The molecule has 0 bridgehead atoms. The summed E-state index contributed by atoms with van der Waals surface area (Å²) in [6, 6.07) is 12.1. The van der Waals surface area contributed by atoms with Gasteiger partial charge in [0.25, 0.3) is 0 Å². The zero-order valence-electron chi connectivity index (χ0n) is 9.72. The Bertz CT molecular complexity index is 587. The monoisotopic (exact) mass is 322 g/mol. The second kappa shape index (κ2) is 5.98. The molecule has 2 rings (SSSR count). The fraction of sp³-hybridized carbons (Fsp3) is 0.0714. The molecule has 4 heteroatoms. The van der Waals surface area contributed by atoms with Crippen LogP contribution in [-0.4, -0.2) is 13.1 Å². The summed E-state index contributed by atoms with van der Waals surface area (Å²) in [4.78, 5) is 13.2. The molecule has 92 valence electrons. The second-order valence-electron chi connectivity index (χ2n) is 3.54. The normalized spacial score (nSPS) is 10.8. The molecule has 0 spiro atoms. The molecule has 2 nitrogen and oxygen atoms in total. The lowest BCUT2D eigenvalue weighted by Gasteiger charge is -1.99. The van der Waals surface area contributed by atoms with Crippen molar-refractivity contribution in [1.82, 2.24) is 0 Å². The number of benzene rings is 1. The first kappa shape index (κ1) is 13.1. The number of methoxy groups -OCH3 is 1. The van der Waals surface area contributed by atoms with E-state index in [1.807, 2.05) is 30.3 Å². The van der Waals surface area contributed by atoms with Gasteiger partial charge in [-0.15, -0.1) is 11.3 Å². The van der Waals surface area contributed by atoms with Crippen molar-refractivity contribution in [2.45, 2.75) is 0 Å². The lowest BCUT2D eigenvalue weighted by atomic mass is 10.2. The van der Waals surface area contributed by atoms with Gasteiger partial charge < -0.3 is 4.74 Å². The van der Waals surface area contributed by atoms with Gasteiger partial charge in [-0.1, -0.05) is 34.1 Å². The summed E-state index contributed by atoms with van der Waals surface area (Å²) in [5.74, 6) is -0.342. The molecule has 0 aliphatic rings. The Balaban J connectivity index is 2.24. The van der Waals surface area contributed by atoms with Crippen LogP contribution in [0, 0.1) is 0 Å². The molecule has 0 radical (unpaired) electrons. The van der Waals surface area contributed by atoms with Crippen LogP contribution in [0.25, 0.3) is 16.5 Å². The van der Waals surface area contributed by atoms with E-state index in [2.05, 4.69) is 26.7 Å². The van der Waals surface area contributed by atoms with Crippen molar-refractivity contribution in [1.29, 1.82) is 0 Å². The van der Waals surface area contributed by atoms with Crippen LogP contribution < -0.4 is 0 Å². The minimum atomic E-state index is -0.342. The number of hydrogen-bond donors (Lipinski definition) is 0. The zero-order chi connectivity index (χ0) is 13.0. The first-order valence-electron chi connectivity index (χ1n) is 5.31. The van der Waals surface area contributed by atoms with Crippen LogP contribution in [0.1, 0.15) is 4.88 Å². The van der Waals surface area contributed by atoms with E-state index in [4.69, 9.17) is 0 Å². The number of thiophene rings is 1. The van der Waals surface area contributed by atoms with Gasteiger partial charge in [0.2, 0.25) is 0 Å². The van der Waals surface area contributed by atoms with E-state index in [0.717, 1.165) is 19.8 Å². The first-order chi connectivity index (χ1) is 8.70. The van der Waals surface area contributed by atoms with Crippen molar-refractivity contribution in [3.63, 3.8) is 0 Å². The molecule has 0 atom stereocenters. The van der Waals surface area contributed by atoms with Gasteiger partial charge in [0, 0.05) is 25.9 Å². The van der Waals surface area contributed by atoms with Gasteiger partial charge in [0.15, 0.2) is 0 Å². The minimum absolute atomic E-state index is 0.342. The molecule has 0 amide bonds. The van der Waals surface area contributed by atoms with E-state index in [0.29, 0.717) is 0 Å². The van der Waals surface area contributed by atoms with Gasteiger partial charge in [0.1, 0.15) is 0 Å². The Hall–Kier alpha value is -1.39. The maximum Gasteiger partial charge on any atom is 0.330 e. The molecule has 0 saturated heterocycles. The van der Waals surface area contributed by atoms with Crippen LogP contribution in [0.4, 0.5) is 0 Å². The maximum absolute atomic E-state index is 11.0. The number of halogens is 1. The van der Waals surface area contributed by atoms with Crippen molar-refractivity contribution in [2.24, 2.45) is 0 Å². The van der Waals surface area contributed by atoms with E-state index in [-0.39, 0.29) is 5.97 Å². The van der Waals surface area contributed by atoms with Crippen molar-refractivity contribution in [3.8, 4) is 10.4 Å². The van der Waals surface area contributed by atoms with Gasteiger partial charge in [0.05, 0.1) is 7.11 Å². The molecule has 1 aromatic carbocycles. The van der Waals surface area contributed by atoms with Gasteiger partial charge in [-0.25, -0.2) is 4.79 Å². The molecular weight excluding hydrogens is 312 g/mol. The highest BCUT2D eigenvalue weighted by atomic mass is 79.9. The summed E-state index contributed by atoms with van der Waals surface area (Å²) in [5.41, 5.74) is 1.15. The van der Waals surface area contributed by atoms with Crippen LogP contribution in [0.3, 0.4) is 0 Å². The predicted molar refractivity (Wildman–Crippen MR) is 78.5 cm³/mol. The Kier molecular flexibility index (Phi) is 4.33. The number of carbonyl (C=O) groups is 1. The second-order valence-corrected chi connectivity index (χ2v) is 5.51. The van der Waals surface area contributed by atoms with Crippen LogP contribution in [0.5, 0.6) is 0 Å². The lowest BCUT2D eigenvalue weighted by molar-refractivity contribution is -0.134. The third kappa shape index (κ3) is 3.09. The molecule has 0 aliphatic heterocycles. The van der Waals surface area contributed by atoms with E-state index in [9.17, 15) is 4.79 Å². The maximum atomic E-state index is 11.0. The molecule has 2 aromatic rings. The lowest BCUT2D eigenvalue weighted by Crippen LogP contribution is -1.92. The van der Waals surface area contributed by atoms with E-state index >= 15 is 0 Å². The molecule has 18 heavy (non-hydrogen) atoms. The summed E-state index contributed by atoms with van der Waals surface area (Å²) in [6.45, 7) is 0. The highest BCUT2D eigenvalue weighted by Crippen LogP contribution is 2.33. The fourth-order valence-corrected chi connectivity index (χ4v) is 3.05. The standard InChI is InChI=1S/C14H11BrO2S/c1-17-14(16)9-7-10-6-8-13(18-10)11-4-2-3-5-12(11)15/h2-9H,1H3/b9-7+. The van der Waals surface area contributed by atoms with Gasteiger partial charge in [-0.05, 0) is 24.3 Å². The number of esters is 1. The molecule has 1 heterocycles. The SMILES string of the molecule is COC(=O)/C=C/c1ccc(-c2ccccc2Br)s1. The van der Waals surface area contributed by atoms with Crippen molar-refractivity contribution < 1.29 is 9.53 Å². The molecule has 0 N–H and O–H groups in total. The van der Waals surface area contributed by atoms with E-state index in [1.165, 1.54) is 13.2 Å². The fourth-order valence-electron chi connectivity index (χ4n) is 1.47. The predicted octanol–water partition coefficient (Wildman–Crippen LogP) is 4.36. The molecule has 0 fully saturated rings.